The Hall–Kier alpha value is -1.65. The lowest BCUT2D eigenvalue weighted by Crippen LogP contribution is -2.29. The van der Waals surface area contributed by atoms with Crippen LogP contribution in [0.2, 0.25) is 0 Å². The summed E-state index contributed by atoms with van der Waals surface area (Å²) in [4.78, 5) is 22.5. The SMILES string of the molecule is COC(=O)Cn1nc(C(C)(C)C)ccc1=O. The first kappa shape index (κ1) is 12.4. The molecule has 0 aliphatic carbocycles. The van der Waals surface area contributed by atoms with Crippen LogP contribution in [0.15, 0.2) is 16.9 Å². The van der Waals surface area contributed by atoms with E-state index in [1.165, 1.54) is 13.2 Å². The van der Waals surface area contributed by atoms with Crippen molar-refractivity contribution in [3.8, 4) is 0 Å². The smallest absolute Gasteiger partial charge is 0.327 e. The first-order valence-corrected chi connectivity index (χ1v) is 5.00. The second-order valence-electron chi connectivity index (χ2n) is 4.54. The average molecular weight is 224 g/mol. The Morgan fingerprint density at radius 1 is 1.44 bits per heavy atom. The van der Waals surface area contributed by atoms with Crippen LogP contribution in [-0.4, -0.2) is 22.9 Å². The van der Waals surface area contributed by atoms with Crippen molar-refractivity contribution >= 4 is 5.97 Å². The van der Waals surface area contributed by atoms with Crippen LogP contribution in [0.4, 0.5) is 0 Å². The molecule has 0 N–H and O–H groups in total. The molecule has 0 amide bonds. The van der Waals surface area contributed by atoms with E-state index in [1.807, 2.05) is 20.8 Å². The number of carbonyl (C=O) groups is 1. The van der Waals surface area contributed by atoms with Crippen molar-refractivity contribution in [2.75, 3.05) is 7.11 Å². The summed E-state index contributed by atoms with van der Waals surface area (Å²) in [5.41, 5.74) is 0.292. The highest BCUT2D eigenvalue weighted by Gasteiger charge is 2.17. The zero-order valence-electron chi connectivity index (χ0n) is 9.98. The third-order valence-electron chi connectivity index (χ3n) is 2.14. The summed E-state index contributed by atoms with van der Waals surface area (Å²) in [5, 5.41) is 4.13. The Balaban J connectivity index is 3.09. The van der Waals surface area contributed by atoms with Crippen LogP contribution in [0.5, 0.6) is 0 Å². The van der Waals surface area contributed by atoms with Crippen LogP contribution in [-0.2, 0) is 21.5 Å². The molecule has 0 saturated heterocycles. The first-order valence-electron chi connectivity index (χ1n) is 5.00. The molecule has 0 atom stereocenters. The molecular weight excluding hydrogens is 208 g/mol. The molecule has 1 aromatic rings. The van der Waals surface area contributed by atoms with Crippen LogP contribution in [0.3, 0.4) is 0 Å². The lowest BCUT2D eigenvalue weighted by molar-refractivity contribution is -0.141. The van der Waals surface area contributed by atoms with E-state index in [0.717, 1.165) is 10.4 Å². The van der Waals surface area contributed by atoms with Crippen molar-refractivity contribution < 1.29 is 9.53 Å². The first-order chi connectivity index (χ1) is 7.34. The number of nitrogens with zero attached hydrogens (tertiary/aromatic N) is 2. The van der Waals surface area contributed by atoms with Crippen LogP contribution in [0, 0.1) is 0 Å². The predicted octanol–water partition coefficient (Wildman–Crippen LogP) is 0.714. The number of methoxy groups -OCH3 is 1. The number of carbonyl (C=O) groups excluding carboxylic acids is 1. The number of esters is 1. The van der Waals surface area contributed by atoms with Crippen LogP contribution >= 0.6 is 0 Å². The summed E-state index contributed by atoms with van der Waals surface area (Å²) in [6.45, 7) is 5.81. The van der Waals surface area contributed by atoms with E-state index in [1.54, 1.807) is 6.07 Å². The Morgan fingerprint density at radius 3 is 2.56 bits per heavy atom. The molecule has 1 aromatic heterocycles. The van der Waals surface area contributed by atoms with Gasteiger partial charge in [-0.05, 0) is 6.07 Å². The number of aromatic nitrogens is 2. The minimum Gasteiger partial charge on any atom is -0.468 e. The van der Waals surface area contributed by atoms with Gasteiger partial charge in [-0.1, -0.05) is 20.8 Å². The van der Waals surface area contributed by atoms with Gasteiger partial charge in [0.25, 0.3) is 5.56 Å². The molecule has 0 saturated carbocycles. The monoisotopic (exact) mass is 224 g/mol. The van der Waals surface area contributed by atoms with Gasteiger partial charge in [0.2, 0.25) is 0 Å². The average Bonchev–Trinajstić information content (AvgIpc) is 2.19. The summed E-state index contributed by atoms with van der Waals surface area (Å²) in [7, 11) is 1.28. The maximum Gasteiger partial charge on any atom is 0.327 e. The van der Waals surface area contributed by atoms with Crippen molar-refractivity contribution in [1.29, 1.82) is 0 Å². The summed E-state index contributed by atoms with van der Waals surface area (Å²) < 4.78 is 5.61. The van der Waals surface area contributed by atoms with Gasteiger partial charge in [0.05, 0.1) is 12.8 Å². The molecule has 88 valence electrons. The van der Waals surface area contributed by atoms with Gasteiger partial charge < -0.3 is 4.74 Å². The maximum absolute atomic E-state index is 11.4. The molecular formula is C11H16N2O3. The fourth-order valence-corrected chi connectivity index (χ4v) is 1.15. The molecule has 0 radical (unpaired) electrons. The van der Waals surface area contributed by atoms with Gasteiger partial charge in [0.1, 0.15) is 6.54 Å². The zero-order chi connectivity index (χ0) is 12.3. The second-order valence-corrected chi connectivity index (χ2v) is 4.54. The van der Waals surface area contributed by atoms with Gasteiger partial charge in [-0.15, -0.1) is 0 Å². The standard InChI is InChI=1S/C11H16N2O3/c1-11(2,3)8-5-6-9(14)13(12-8)7-10(15)16-4/h5-6H,7H2,1-4H3. The molecule has 5 heteroatoms. The third-order valence-corrected chi connectivity index (χ3v) is 2.14. The van der Waals surface area contributed by atoms with E-state index in [4.69, 9.17) is 0 Å². The van der Waals surface area contributed by atoms with Crippen LogP contribution < -0.4 is 5.56 Å². The molecule has 0 fully saturated rings. The molecule has 5 nitrogen and oxygen atoms in total. The van der Waals surface area contributed by atoms with Gasteiger partial charge >= 0.3 is 5.97 Å². The zero-order valence-corrected chi connectivity index (χ0v) is 9.98. The Labute approximate surface area is 94.0 Å². The summed E-state index contributed by atoms with van der Waals surface area (Å²) >= 11 is 0. The minimum atomic E-state index is -0.486. The van der Waals surface area contributed by atoms with E-state index in [9.17, 15) is 9.59 Å². The van der Waals surface area contributed by atoms with Crippen molar-refractivity contribution in [3.05, 3.63) is 28.2 Å². The van der Waals surface area contributed by atoms with E-state index in [2.05, 4.69) is 9.84 Å². The van der Waals surface area contributed by atoms with Gasteiger partial charge in [-0.2, -0.15) is 5.10 Å². The molecule has 0 aliphatic rings. The topological polar surface area (TPSA) is 61.2 Å². The van der Waals surface area contributed by atoms with Crippen LogP contribution in [0.25, 0.3) is 0 Å². The molecule has 0 bridgehead atoms. The summed E-state index contributed by atoms with van der Waals surface area (Å²) in [6, 6.07) is 3.09. The highest BCUT2D eigenvalue weighted by Crippen LogP contribution is 2.17. The normalized spacial score (nSPS) is 11.2. The van der Waals surface area contributed by atoms with Crippen molar-refractivity contribution in [2.45, 2.75) is 32.7 Å². The predicted molar refractivity (Wildman–Crippen MR) is 59.2 cm³/mol. The molecule has 16 heavy (non-hydrogen) atoms. The van der Waals surface area contributed by atoms with E-state index < -0.39 is 5.97 Å². The fraction of sp³-hybridized carbons (Fsp3) is 0.545. The van der Waals surface area contributed by atoms with E-state index in [0.29, 0.717) is 0 Å². The van der Waals surface area contributed by atoms with Crippen molar-refractivity contribution in [2.24, 2.45) is 0 Å². The van der Waals surface area contributed by atoms with Crippen molar-refractivity contribution in [1.82, 2.24) is 9.78 Å². The molecule has 0 aromatic carbocycles. The summed E-state index contributed by atoms with van der Waals surface area (Å²) in [5.74, 6) is -0.486. The van der Waals surface area contributed by atoms with Crippen LogP contribution in [0.1, 0.15) is 26.5 Å². The van der Waals surface area contributed by atoms with Gasteiger partial charge in [-0.3, -0.25) is 9.59 Å². The third kappa shape index (κ3) is 2.92. The number of ether oxygens (including phenoxy) is 1. The molecule has 0 spiro atoms. The lowest BCUT2D eigenvalue weighted by atomic mass is 9.92. The number of hydrogen-bond donors (Lipinski definition) is 0. The van der Waals surface area contributed by atoms with Gasteiger partial charge in [-0.25, -0.2) is 4.68 Å². The Bertz CT molecular complexity index is 443. The Morgan fingerprint density at radius 2 is 2.06 bits per heavy atom. The molecule has 1 rings (SSSR count). The van der Waals surface area contributed by atoms with Gasteiger partial charge in [0.15, 0.2) is 0 Å². The van der Waals surface area contributed by atoms with Crippen molar-refractivity contribution in [3.63, 3.8) is 0 Å². The molecule has 0 unspecified atom stereocenters. The number of hydrogen-bond acceptors (Lipinski definition) is 4. The quantitative estimate of drug-likeness (QED) is 0.694. The second kappa shape index (κ2) is 4.47. The minimum absolute atomic E-state index is 0.154. The largest absolute Gasteiger partial charge is 0.468 e. The highest BCUT2D eigenvalue weighted by molar-refractivity contribution is 5.68. The van der Waals surface area contributed by atoms with E-state index in [-0.39, 0.29) is 17.5 Å². The molecule has 1 heterocycles. The number of rotatable bonds is 2. The highest BCUT2D eigenvalue weighted by atomic mass is 16.5. The maximum atomic E-state index is 11.4. The lowest BCUT2D eigenvalue weighted by Gasteiger charge is -2.18. The fourth-order valence-electron chi connectivity index (χ4n) is 1.15. The van der Waals surface area contributed by atoms with E-state index >= 15 is 0 Å². The van der Waals surface area contributed by atoms with Gasteiger partial charge in [0, 0.05) is 11.5 Å². The summed E-state index contributed by atoms with van der Waals surface area (Å²) in [6.07, 6.45) is 0. The Kier molecular flexibility index (Phi) is 3.47. The molecule has 0 aliphatic heterocycles.